The van der Waals surface area contributed by atoms with Crippen LogP contribution >= 0.6 is 0 Å². The van der Waals surface area contributed by atoms with Gasteiger partial charge in [-0.2, -0.15) is 0 Å². The minimum Gasteiger partial charge on any atom is -0.368 e. The predicted molar refractivity (Wildman–Crippen MR) is 255 cm³/mol. The number of benzene rings is 6. The molecule has 9 aromatic rings. The standard InChI is InChI=1S/C55H39N7/c1-55-27-26-35-15-11-29-57-49(35)51(55)58-32-39(31-55)41-17-7-21-45-43(41)19-9-23-47(45)54-60-52(36-12-4-3-5-13-36)59-53(61-54)46-22-8-18-42-40(16-6-20-44(42)46)38-30-37-25-24-34-14-10-28-56-48(34)50(37)62(2)33-38/h3-32,51H,33H2,1-2H3. The average molecular weight is 798 g/mol. The number of allylic oxidation sites excluding steroid dienone is 1. The summed E-state index contributed by atoms with van der Waals surface area (Å²) in [6.45, 7) is 3.00. The highest BCUT2D eigenvalue weighted by Crippen LogP contribution is 2.48. The summed E-state index contributed by atoms with van der Waals surface area (Å²) in [5.41, 5.74) is 12.6. The number of anilines is 1. The van der Waals surface area contributed by atoms with Gasteiger partial charge in [-0.1, -0.05) is 153 Å². The van der Waals surface area contributed by atoms with Crippen LogP contribution in [-0.4, -0.2) is 44.7 Å². The molecule has 12 rings (SSSR count). The van der Waals surface area contributed by atoms with Crippen LogP contribution in [0.2, 0.25) is 0 Å². The lowest BCUT2D eigenvalue weighted by atomic mass is 9.72. The molecule has 0 spiro atoms. The normalized spacial score (nSPS) is 17.7. The van der Waals surface area contributed by atoms with Gasteiger partial charge in [-0.05, 0) is 67.6 Å². The molecule has 0 N–H and O–H groups in total. The fraction of sp³-hybridized carbons (Fsp3) is 0.0909. The molecule has 62 heavy (non-hydrogen) atoms. The first-order valence-electron chi connectivity index (χ1n) is 21.1. The van der Waals surface area contributed by atoms with Crippen molar-refractivity contribution in [3.63, 3.8) is 0 Å². The van der Waals surface area contributed by atoms with Crippen molar-refractivity contribution < 1.29 is 0 Å². The Morgan fingerprint density at radius 2 is 1.23 bits per heavy atom. The molecule has 0 bridgehead atoms. The summed E-state index contributed by atoms with van der Waals surface area (Å²) in [6.07, 6.45) is 14.9. The number of hydrogen-bond acceptors (Lipinski definition) is 7. The zero-order valence-electron chi connectivity index (χ0n) is 34.2. The highest BCUT2D eigenvalue weighted by atomic mass is 15.1. The van der Waals surface area contributed by atoms with E-state index in [1.165, 1.54) is 16.7 Å². The van der Waals surface area contributed by atoms with Gasteiger partial charge in [0.1, 0.15) is 6.04 Å². The van der Waals surface area contributed by atoms with E-state index < -0.39 is 0 Å². The van der Waals surface area contributed by atoms with Gasteiger partial charge in [-0.15, -0.1) is 0 Å². The van der Waals surface area contributed by atoms with Gasteiger partial charge in [0.25, 0.3) is 0 Å². The van der Waals surface area contributed by atoms with Crippen LogP contribution in [-0.2, 0) is 0 Å². The molecule has 0 radical (unpaired) electrons. The Hall–Kier alpha value is -7.90. The Kier molecular flexibility index (Phi) is 8.19. The number of fused-ring (bicyclic) bond motifs is 8. The molecule has 0 fully saturated rings. The van der Waals surface area contributed by atoms with Crippen LogP contribution in [0.1, 0.15) is 40.9 Å². The summed E-state index contributed by atoms with van der Waals surface area (Å²) in [6, 6.07) is 48.6. The molecular weight excluding hydrogens is 759 g/mol. The molecule has 0 saturated carbocycles. The molecular formula is C55H39N7. The smallest absolute Gasteiger partial charge is 0.164 e. The minimum atomic E-state index is -0.308. The zero-order valence-corrected chi connectivity index (χ0v) is 34.2. The molecule has 6 aromatic carbocycles. The van der Waals surface area contributed by atoms with Crippen molar-refractivity contribution in [3.8, 4) is 34.2 Å². The van der Waals surface area contributed by atoms with E-state index in [9.17, 15) is 0 Å². The van der Waals surface area contributed by atoms with Gasteiger partial charge in [0.15, 0.2) is 17.5 Å². The first kappa shape index (κ1) is 36.0. The summed E-state index contributed by atoms with van der Waals surface area (Å²) >= 11 is 0. The van der Waals surface area contributed by atoms with E-state index in [1.807, 2.05) is 48.9 Å². The maximum atomic E-state index is 5.33. The van der Waals surface area contributed by atoms with Crippen molar-refractivity contribution in [1.29, 1.82) is 0 Å². The Morgan fingerprint density at radius 3 is 1.98 bits per heavy atom. The number of pyridine rings is 2. The lowest BCUT2D eigenvalue weighted by Crippen LogP contribution is -2.27. The Morgan fingerprint density at radius 1 is 0.581 bits per heavy atom. The maximum Gasteiger partial charge on any atom is 0.164 e. The van der Waals surface area contributed by atoms with Crippen molar-refractivity contribution in [1.82, 2.24) is 24.9 Å². The predicted octanol–water partition coefficient (Wildman–Crippen LogP) is 12.4. The van der Waals surface area contributed by atoms with Gasteiger partial charge in [0, 0.05) is 65.3 Å². The van der Waals surface area contributed by atoms with E-state index in [0.29, 0.717) is 17.5 Å². The molecule has 2 aliphatic heterocycles. The van der Waals surface area contributed by atoms with Crippen molar-refractivity contribution in [2.45, 2.75) is 13.0 Å². The van der Waals surface area contributed by atoms with Crippen LogP contribution in [0.15, 0.2) is 169 Å². The highest BCUT2D eigenvalue weighted by Gasteiger charge is 2.38. The third kappa shape index (κ3) is 5.80. The van der Waals surface area contributed by atoms with Crippen LogP contribution < -0.4 is 4.90 Å². The van der Waals surface area contributed by atoms with Crippen molar-refractivity contribution in [2.24, 2.45) is 10.4 Å². The Labute approximate surface area is 359 Å². The lowest BCUT2D eigenvalue weighted by molar-refractivity contribution is 0.424. The van der Waals surface area contributed by atoms with E-state index >= 15 is 0 Å². The van der Waals surface area contributed by atoms with Gasteiger partial charge in [-0.25, -0.2) is 15.0 Å². The number of hydrogen-bond donors (Lipinski definition) is 0. The highest BCUT2D eigenvalue weighted by molar-refractivity contribution is 6.17. The number of rotatable bonds is 5. The maximum absolute atomic E-state index is 5.33. The SMILES string of the molecule is CN1CC(c2cccc3c(-c4nc(-c5ccccc5)nc(-c5cccc6c(C7=CC8(C)C=Cc9cccnc9C8N=C7)cccc56)n4)cccc23)=Cc2ccc3cccnc3c21. The van der Waals surface area contributed by atoms with Gasteiger partial charge in [-0.3, -0.25) is 15.0 Å². The molecule has 7 nitrogen and oxygen atoms in total. The topological polar surface area (TPSA) is 80.0 Å². The molecule has 5 heterocycles. The summed E-state index contributed by atoms with van der Waals surface area (Å²) in [5, 5.41) is 5.55. The van der Waals surface area contributed by atoms with Crippen LogP contribution in [0.4, 0.5) is 5.69 Å². The minimum absolute atomic E-state index is 0.0704. The summed E-state index contributed by atoms with van der Waals surface area (Å²) < 4.78 is 0. The van der Waals surface area contributed by atoms with Gasteiger partial charge < -0.3 is 4.90 Å². The van der Waals surface area contributed by atoms with Crippen LogP contribution in [0.5, 0.6) is 0 Å². The van der Waals surface area contributed by atoms with E-state index in [4.69, 9.17) is 29.9 Å². The number of aromatic nitrogens is 5. The summed E-state index contributed by atoms with van der Waals surface area (Å²) in [5.74, 6) is 1.87. The Bertz CT molecular complexity index is 3440. The van der Waals surface area contributed by atoms with Crippen LogP contribution in [0.3, 0.4) is 0 Å². The number of likely N-dealkylation sites (N-methyl/N-ethyl adjacent to an activating group) is 1. The molecule has 0 saturated heterocycles. The van der Waals surface area contributed by atoms with E-state index in [-0.39, 0.29) is 11.5 Å². The number of aliphatic imine (C=N–C) groups is 1. The zero-order chi connectivity index (χ0) is 41.4. The first-order chi connectivity index (χ1) is 30.5. The van der Waals surface area contributed by atoms with Crippen molar-refractivity contribution in [3.05, 3.63) is 192 Å². The molecule has 0 amide bonds. The fourth-order valence-corrected chi connectivity index (χ4v) is 9.76. The molecule has 294 valence electrons. The average Bonchev–Trinajstić information content (AvgIpc) is 3.32. The van der Waals surface area contributed by atoms with Gasteiger partial charge in [0.05, 0.1) is 16.9 Å². The third-order valence-electron chi connectivity index (χ3n) is 12.7. The van der Waals surface area contributed by atoms with Crippen LogP contribution in [0, 0.1) is 5.41 Å². The van der Waals surface area contributed by atoms with E-state index in [0.717, 1.165) is 83.8 Å². The molecule has 2 unspecified atom stereocenters. The summed E-state index contributed by atoms with van der Waals surface area (Å²) in [4.78, 5) is 32.7. The third-order valence-corrected chi connectivity index (χ3v) is 12.7. The van der Waals surface area contributed by atoms with Crippen molar-refractivity contribution in [2.75, 3.05) is 18.5 Å². The van der Waals surface area contributed by atoms with Crippen LogP contribution in [0.25, 0.3) is 89.9 Å². The van der Waals surface area contributed by atoms with E-state index in [2.05, 4.69) is 152 Å². The molecule has 3 aromatic heterocycles. The second-order valence-corrected chi connectivity index (χ2v) is 16.6. The van der Waals surface area contributed by atoms with Gasteiger partial charge in [0.2, 0.25) is 0 Å². The fourth-order valence-electron chi connectivity index (χ4n) is 9.76. The second kappa shape index (κ2) is 14.1. The second-order valence-electron chi connectivity index (χ2n) is 16.6. The summed E-state index contributed by atoms with van der Waals surface area (Å²) in [7, 11) is 2.16. The molecule has 7 heteroatoms. The molecule has 3 aliphatic rings. The number of nitrogens with zero attached hydrogens (tertiary/aromatic N) is 7. The van der Waals surface area contributed by atoms with Crippen molar-refractivity contribution >= 4 is 67.6 Å². The molecule has 2 atom stereocenters. The van der Waals surface area contributed by atoms with E-state index in [1.54, 1.807) is 0 Å². The quantitative estimate of drug-likeness (QED) is 0.173. The lowest BCUT2D eigenvalue weighted by Gasteiger charge is -2.36. The Balaban J connectivity index is 0.988. The largest absolute Gasteiger partial charge is 0.368 e. The monoisotopic (exact) mass is 797 g/mol. The molecule has 1 aliphatic carbocycles. The first-order valence-corrected chi connectivity index (χ1v) is 21.1. The number of dihydropyridines is 1. The van der Waals surface area contributed by atoms with Gasteiger partial charge >= 0.3 is 0 Å².